The quantitative estimate of drug-likeness (QED) is 0.459. The Kier molecular flexibility index (Phi) is 5.43. The lowest BCUT2D eigenvalue weighted by molar-refractivity contribution is 0.122. The molecule has 0 spiro atoms. The monoisotopic (exact) mass is 453 g/mol. The molecule has 4 aromatic rings. The average molecular weight is 454 g/mol. The average Bonchev–Trinajstić information content (AvgIpc) is 3.50. The number of hydrazone groups is 1. The van der Waals surface area contributed by atoms with E-state index in [0.29, 0.717) is 13.2 Å². The molecular formula is C26H27N7O. The van der Waals surface area contributed by atoms with Crippen LogP contribution in [-0.4, -0.2) is 57.6 Å². The highest BCUT2D eigenvalue weighted by molar-refractivity contribution is 6.03. The summed E-state index contributed by atoms with van der Waals surface area (Å²) in [6.07, 6.45) is 4.37. The van der Waals surface area contributed by atoms with Gasteiger partial charge in [-0.15, -0.1) is 0 Å². The molecule has 172 valence electrons. The number of rotatable bonds is 5. The molecular weight excluding hydrogens is 426 g/mol. The Morgan fingerprint density at radius 3 is 2.53 bits per heavy atom. The molecule has 1 fully saturated rings. The second-order valence-corrected chi connectivity index (χ2v) is 8.82. The highest BCUT2D eigenvalue weighted by Gasteiger charge is 2.30. The van der Waals surface area contributed by atoms with Gasteiger partial charge in [-0.3, -0.25) is 5.01 Å². The molecule has 0 saturated carbocycles. The van der Waals surface area contributed by atoms with Crippen LogP contribution in [0.25, 0.3) is 11.2 Å². The summed E-state index contributed by atoms with van der Waals surface area (Å²) in [4.78, 5) is 16.1. The summed E-state index contributed by atoms with van der Waals surface area (Å²) < 4.78 is 7.64. The molecule has 0 radical (unpaired) electrons. The van der Waals surface area contributed by atoms with Crippen molar-refractivity contribution in [2.45, 2.75) is 25.9 Å². The molecule has 0 bridgehead atoms. The fourth-order valence-corrected chi connectivity index (χ4v) is 4.71. The number of ether oxygens (including phenoxy) is 1. The van der Waals surface area contributed by atoms with Crippen molar-refractivity contribution in [1.82, 2.24) is 19.5 Å². The van der Waals surface area contributed by atoms with Crippen LogP contribution in [-0.2, 0) is 11.3 Å². The zero-order chi connectivity index (χ0) is 22.9. The zero-order valence-corrected chi connectivity index (χ0v) is 19.2. The van der Waals surface area contributed by atoms with E-state index in [2.05, 4.69) is 79.9 Å². The van der Waals surface area contributed by atoms with E-state index >= 15 is 0 Å². The van der Waals surface area contributed by atoms with Gasteiger partial charge in [-0.1, -0.05) is 48.0 Å². The van der Waals surface area contributed by atoms with E-state index in [1.54, 1.807) is 6.33 Å². The van der Waals surface area contributed by atoms with Crippen molar-refractivity contribution in [1.29, 1.82) is 0 Å². The van der Waals surface area contributed by atoms with E-state index < -0.39 is 0 Å². The summed E-state index contributed by atoms with van der Waals surface area (Å²) in [6.45, 7) is 5.88. The molecule has 4 heterocycles. The Bertz CT molecular complexity index is 1310. The topological polar surface area (TPSA) is 71.7 Å². The molecule has 2 aromatic carbocycles. The molecule has 34 heavy (non-hydrogen) atoms. The van der Waals surface area contributed by atoms with Gasteiger partial charge < -0.3 is 14.2 Å². The predicted octanol–water partition coefficient (Wildman–Crippen LogP) is 3.65. The minimum absolute atomic E-state index is 0.150. The van der Waals surface area contributed by atoms with Gasteiger partial charge in [0.2, 0.25) is 0 Å². The number of hydrogen-bond donors (Lipinski definition) is 0. The number of nitrogens with zero attached hydrogens (tertiary/aromatic N) is 7. The van der Waals surface area contributed by atoms with E-state index in [0.717, 1.165) is 60.0 Å². The molecule has 0 aliphatic carbocycles. The van der Waals surface area contributed by atoms with Crippen molar-refractivity contribution in [2.24, 2.45) is 5.10 Å². The van der Waals surface area contributed by atoms with Crippen LogP contribution in [0.4, 0.5) is 11.5 Å². The van der Waals surface area contributed by atoms with Gasteiger partial charge in [-0.25, -0.2) is 15.0 Å². The molecule has 6 rings (SSSR count). The maximum Gasteiger partial charge on any atom is 0.165 e. The smallest absolute Gasteiger partial charge is 0.165 e. The largest absolute Gasteiger partial charge is 0.378 e. The summed E-state index contributed by atoms with van der Waals surface area (Å²) >= 11 is 0. The maximum atomic E-state index is 5.51. The fourth-order valence-electron chi connectivity index (χ4n) is 4.71. The van der Waals surface area contributed by atoms with Crippen molar-refractivity contribution in [2.75, 3.05) is 36.2 Å². The highest BCUT2D eigenvalue weighted by Crippen LogP contribution is 2.29. The molecule has 2 aliphatic rings. The lowest BCUT2D eigenvalue weighted by Crippen LogP contribution is -2.37. The van der Waals surface area contributed by atoms with Gasteiger partial charge in [-0.2, -0.15) is 5.10 Å². The van der Waals surface area contributed by atoms with E-state index in [9.17, 15) is 0 Å². The molecule has 8 nitrogen and oxygen atoms in total. The summed E-state index contributed by atoms with van der Waals surface area (Å²) in [5, 5.41) is 7.20. The molecule has 2 aromatic heterocycles. The second kappa shape index (κ2) is 8.87. The number of anilines is 2. The summed E-state index contributed by atoms with van der Waals surface area (Å²) in [7, 11) is 0. The second-order valence-electron chi connectivity index (χ2n) is 8.82. The molecule has 2 aliphatic heterocycles. The Labute approximate surface area is 198 Å². The van der Waals surface area contributed by atoms with Crippen LogP contribution < -0.4 is 9.91 Å². The number of fused-ring (bicyclic) bond motifs is 1. The lowest BCUT2D eigenvalue weighted by atomic mass is 10.0. The molecule has 1 saturated heterocycles. The van der Waals surface area contributed by atoms with E-state index in [4.69, 9.17) is 14.8 Å². The Balaban J connectivity index is 1.33. The Morgan fingerprint density at radius 1 is 0.941 bits per heavy atom. The first-order valence-electron chi connectivity index (χ1n) is 11.7. The van der Waals surface area contributed by atoms with Gasteiger partial charge in [0.25, 0.3) is 0 Å². The summed E-state index contributed by atoms with van der Waals surface area (Å²) in [5.74, 6) is 0.884. The van der Waals surface area contributed by atoms with Gasteiger partial charge in [0.15, 0.2) is 17.0 Å². The van der Waals surface area contributed by atoms with E-state index in [1.807, 2.05) is 12.4 Å². The first kappa shape index (κ1) is 20.8. The zero-order valence-electron chi connectivity index (χ0n) is 19.2. The summed E-state index contributed by atoms with van der Waals surface area (Å²) in [5.41, 5.74) is 6.28. The van der Waals surface area contributed by atoms with Crippen molar-refractivity contribution in [3.63, 3.8) is 0 Å². The van der Waals surface area contributed by atoms with Crippen LogP contribution in [0.2, 0.25) is 0 Å². The van der Waals surface area contributed by atoms with Gasteiger partial charge >= 0.3 is 0 Å². The molecule has 0 N–H and O–H groups in total. The summed E-state index contributed by atoms with van der Waals surface area (Å²) in [6, 6.07) is 19.1. The van der Waals surface area contributed by atoms with Crippen LogP contribution in [0, 0.1) is 6.92 Å². The van der Waals surface area contributed by atoms with Crippen molar-refractivity contribution in [3.8, 4) is 0 Å². The molecule has 0 amide bonds. The number of benzene rings is 2. The van der Waals surface area contributed by atoms with Crippen molar-refractivity contribution < 1.29 is 4.74 Å². The minimum Gasteiger partial charge on any atom is -0.378 e. The van der Waals surface area contributed by atoms with Gasteiger partial charge in [0.05, 0.1) is 37.0 Å². The molecule has 1 unspecified atom stereocenters. The number of aromatic nitrogens is 4. The van der Waals surface area contributed by atoms with Crippen LogP contribution in [0.3, 0.4) is 0 Å². The molecule has 1 atom stereocenters. The van der Waals surface area contributed by atoms with E-state index in [1.165, 1.54) is 5.56 Å². The SMILES string of the molecule is Cc1ccc(N2N=C(c3ccccc3)CC2Cn2cnc3c(N4CCOCC4)ncnc32)cc1. The third-order valence-electron chi connectivity index (χ3n) is 6.51. The molecule has 8 heteroatoms. The maximum absolute atomic E-state index is 5.51. The first-order chi connectivity index (χ1) is 16.8. The number of hydrogen-bond acceptors (Lipinski definition) is 7. The van der Waals surface area contributed by atoms with Crippen molar-refractivity contribution >= 4 is 28.4 Å². The Hall–Kier alpha value is -3.78. The number of morpholine rings is 1. The van der Waals surface area contributed by atoms with Gasteiger partial charge in [0, 0.05) is 26.1 Å². The van der Waals surface area contributed by atoms with Crippen LogP contribution in [0.15, 0.2) is 72.4 Å². The van der Waals surface area contributed by atoms with Gasteiger partial charge in [-0.05, 0) is 24.6 Å². The third-order valence-corrected chi connectivity index (χ3v) is 6.51. The lowest BCUT2D eigenvalue weighted by Gasteiger charge is -2.27. The normalized spacial score (nSPS) is 18.5. The van der Waals surface area contributed by atoms with Crippen LogP contribution >= 0.6 is 0 Å². The predicted molar refractivity (Wildman–Crippen MR) is 133 cm³/mol. The highest BCUT2D eigenvalue weighted by atomic mass is 16.5. The van der Waals surface area contributed by atoms with E-state index in [-0.39, 0.29) is 6.04 Å². The standard InChI is InChI=1S/C26H27N7O/c1-19-7-9-21(10-8-19)33-22(15-23(30-33)20-5-3-2-4-6-20)16-32-18-29-24-25(27-17-28-26(24)32)31-11-13-34-14-12-31/h2-10,17-18,22H,11-16H2,1H3. The number of aryl methyl sites for hydroxylation is 1. The first-order valence-corrected chi connectivity index (χ1v) is 11.7. The van der Waals surface area contributed by atoms with Crippen molar-refractivity contribution in [3.05, 3.63) is 78.4 Å². The third kappa shape index (κ3) is 3.90. The fraction of sp³-hybridized carbons (Fsp3) is 0.308. The van der Waals surface area contributed by atoms with Crippen LogP contribution in [0.1, 0.15) is 17.5 Å². The minimum atomic E-state index is 0.150. The Morgan fingerprint density at radius 2 is 1.74 bits per heavy atom. The number of imidazole rings is 1. The van der Waals surface area contributed by atoms with Crippen LogP contribution in [0.5, 0.6) is 0 Å². The van der Waals surface area contributed by atoms with Gasteiger partial charge in [0.1, 0.15) is 6.33 Å².